The Morgan fingerprint density at radius 3 is 2.61 bits per heavy atom. The molecular weight excluding hydrogens is 268 g/mol. The van der Waals surface area contributed by atoms with Gasteiger partial charge in [0.25, 0.3) is 0 Å². The number of pyridine rings is 1. The van der Waals surface area contributed by atoms with Gasteiger partial charge in [-0.2, -0.15) is 5.26 Å². The van der Waals surface area contributed by atoms with Gasteiger partial charge >= 0.3 is 0 Å². The zero-order chi connectivity index (χ0) is 13.0. The molecule has 3 nitrogen and oxygen atoms in total. The number of nitriles is 1. The number of hydrogen-bond donors (Lipinski definition) is 0. The molecule has 0 aliphatic heterocycles. The molecule has 0 aliphatic carbocycles. The molecule has 0 saturated carbocycles. The van der Waals surface area contributed by atoms with Crippen LogP contribution in [0.1, 0.15) is 5.56 Å². The second kappa shape index (κ2) is 5.76. The first kappa shape index (κ1) is 12.7. The molecule has 0 bridgehead atoms. The standard InChI is InChI=1S/C13H9ClN2OS/c1-18-10-4-2-9(3-5-10)17-12-6-7-16-13(14)11(12)8-15/h2-7H,1H3. The molecule has 2 aromatic rings. The van der Waals surface area contributed by atoms with E-state index in [1.807, 2.05) is 36.6 Å². The number of nitrogens with zero attached hydrogens (tertiary/aromatic N) is 2. The van der Waals surface area contributed by atoms with Crippen molar-refractivity contribution < 1.29 is 4.74 Å². The summed E-state index contributed by atoms with van der Waals surface area (Å²) in [5, 5.41) is 9.15. The van der Waals surface area contributed by atoms with Crippen molar-refractivity contribution >= 4 is 23.4 Å². The van der Waals surface area contributed by atoms with Crippen molar-refractivity contribution in [2.75, 3.05) is 6.26 Å². The lowest BCUT2D eigenvalue weighted by molar-refractivity contribution is 0.480. The van der Waals surface area contributed by atoms with Crippen molar-refractivity contribution in [1.29, 1.82) is 5.26 Å². The van der Waals surface area contributed by atoms with Gasteiger partial charge in [-0.3, -0.25) is 0 Å². The summed E-state index contributed by atoms with van der Waals surface area (Å²) in [6.45, 7) is 0. The molecule has 1 aromatic carbocycles. The summed E-state index contributed by atoms with van der Waals surface area (Å²) in [5.74, 6) is 1.07. The molecule has 0 amide bonds. The normalized spacial score (nSPS) is 9.83. The van der Waals surface area contributed by atoms with Crippen LogP contribution in [0.15, 0.2) is 41.4 Å². The van der Waals surface area contributed by atoms with Crippen molar-refractivity contribution in [2.24, 2.45) is 0 Å². The first-order valence-electron chi connectivity index (χ1n) is 5.11. The molecule has 90 valence electrons. The lowest BCUT2D eigenvalue weighted by Gasteiger charge is -2.08. The number of ether oxygens (including phenoxy) is 1. The number of halogens is 1. The maximum atomic E-state index is 9.00. The van der Waals surface area contributed by atoms with Gasteiger partial charge < -0.3 is 4.74 Å². The highest BCUT2D eigenvalue weighted by atomic mass is 35.5. The molecule has 1 heterocycles. The van der Waals surface area contributed by atoms with Crippen molar-refractivity contribution in [3.63, 3.8) is 0 Å². The van der Waals surface area contributed by atoms with E-state index in [0.29, 0.717) is 11.5 Å². The third-order valence-corrected chi connectivity index (χ3v) is 3.30. The van der Waals surface area contributed by atoms with E-state index in [4.69, 9.17) is 21.6 Å². The molecule has 0 fully saturated rings. The van der Waals surface area contributed by atoms with Gasteiger partial charge in [-0.25, -0.2) is 4.98 Å². The van der Waals surface area contributed by atoms with Gasteiger partial charge in [0.15, 0.2) is 5.15 Å². The molecule has 18 heavy (non-hydrogen) atoms. The monoisotopic (exact) mass is 276 g/mol. The molecule has 0 aliphatic rings. The van der Waals surface area contributed by atoms with Crippen molar-refractivity contribution in [3.05, 3.63) is 47.2 Å². The average molecular weight is 277 g/mol. The Balaban J connectivity index is 2.28. The van der Waals surface area contributed by atoms with Gasteiger partial charge in [0, 0.05) is 17.2 Å². The smallest absolute Gasteiger partial charge is 0.150 e. The number of thioether (sulfide) groups is 1. The number of hydrogen-bond acceptors (Lipinski definition) is 4. The van der Waals surface area contributed by atoms with Crippen molar-refractivity contribution in [3.8, 4) is 17.6 Å². The highest BCUT2D eigenvalue weighted by molar-refractivity contribution is 7.98. The predicted octanol–water partition coefficient (Wildman–Crippen LogP) is 4.12. The van der Waals surface area contributed by atoms with Crippen molar-refractivity contribution in [2.45, 2.75) is 4.90 Å². The van der Waals surface area contributed by atoms with Crippen LogP contribution in [0.5, 0.6) is 11.5 Å². The summed E-state index contributed by atoms with van der Waals surface area (Å²) in [5.41, 5.74) is 0.244. The molecule has 0 radical (unpaired) electrons. The van der Waals surface area contributed by atoms with Crippen LogP contribution in [0, 0.1) is 11.3 Å². The maximum absolute atomic E-state index is 9.00. The molecule has 0 spiro atoms. The third kappa shape index (κ3) is 2.76. The average Bonchev–Trinajstić information content (AvgIpc) is 2.40. The predicted molar refractivity (Wildman–Crippen MR) is 72.3 cm³/mol. The zero-order valence-electron chi connectivity index (χ0n) is 9.55. The van der Waals surface area contributed by atoms with Crippen LogP contribution in [0.4, 0.5) is 0 Å². The van der Waals surface area contributed by atoms with E-state index in [2.05, 4.69) is 4.98 Å². The quantitative estimate of drug-likeness (QED) is 0.625. The van der Waals surface area contributed by atoms with Crippen LogP contribution in [0.25, 0.3) is 0 Å². The second-order valence-electron chi connectivity index (χ2n) is 3.36. The van der Waals surface area contributed by atoms with Crippen LogP contribution in [-0.4, -0.2) is 11.2 Å². The van der Waals surface area contributed by atoms with E-state index in [1.54, 1.807) is 17.8 Å². The zero-order valence-corrected chi connectivity index (χ0v) is 11.1. The first-order chi connectivity index (χ1) is 8.74. The van der Waals surface area contributed by atoms with Crippen molar-refractivity contribution in [1.82, 2.24) is 4.98 Å². The van der Waals surface area contributed by atoms with Gasteiger partial charge in [-0.05, 0) is 30.5 Å². The van der Waals surface area contributed by atoms with Gasteiger partial charge in [-0.15, -0.1) is 11.8 Å². The maximum Gasteiger partial charge on any atom is 0.150 e. The highest BCUT2D eigenvalue weighted by Crippen LogP contribution is 2.29. The topological polar surface area (TPSA) is 45.9 Å². The minimum Gasteiger partial charge on any atom is -0.456 e. The summed E-state index contributed by atoms with van der Waals surface area (Å²) in [6.07, 6.45) is 3.51. The minimum atomic E-state index is 0.149. The molecular formula is C13H9ClN2OS. The summed E-state index contributed by atoms with van der Waals surface area (Å²) >= 11 is 7.48. The third-order valence-electron chi connectivity index (χ3n) is 2.27. The van der Waals surface area contributed by atoms with Crippen LogP contribution < -0.4 is 4.74 Å². The lowest BCUT2D eigenvalue weighted by atomic mass is 10.3. The molecule has 0 atom stereocenters. The summed E-state index contributed by atoms with van der Waals surface area (Å²) < 4.78 is 5.62. The Kier molecular flexibility index (Phi) is 4.08. The van der Waals surface area contributed by atoms with E-state index in [0.717, 1.165) is 4.90 Å². The summed E-state index contributed by atoms with van der Waals surface area (Å²) in [7, 11) is 0. The Hall–Kier alpha value is -1.70. The fourth-order valence-electron chi connectivity index (χ4n) is 1.38. The Morgan fingerprint density at radius 1 is 1.28 bits per heavy atom. The van der Waals surface area contributed by atoms with E-state index in [9.17, 15) is 0 Å². The largest absolute Gasteiger partial charge is 0.456 e. The number of benzene rings is 1. The van der Waals surface area contributed by atoms with E-state index < -0.39 is 0 Å². The highest BCUT2D eigenvalue weighted by Gasteiger charge is 2.09. The molecule has 1 aromatic heterocycles. The molecule has 0 saturated heterocycles. The number of aromatic nitrogens is 1. The van der Waals surface area contributed by atoms with E-state index >= 15 is 0 Å². The van der Waals surface area contributed by atoms with Gasteiger partial charge in [0.2, 0.25) is 0 Å². The van der Waals surface area contributed by atoms with E-state index in [1.165, 1.54) is 6.20 Å². The number of rotatable bonds is 3. The SMILES string of the molecule is CSc1ccc(Oc2ccnc(Cl)c2C#N)cc1. The second-order valence-corrected chi connectivity index (χ2v) is 4.60. The Labute approximate surface area is 114 Å². The van der Waals surface area contributed by atoms with Crippen LogP contribution in [-0.2, 0) is 0 Å². The minimum absolute atomic E-state index is 0.149. The Bertz CT molecular complexity index is 593. The van der Waals surface area contributed by atoms with Gasteiger partial charge in [-0.1, -0.05) is 11.6 Å². The van der Waals surface area contributed by atoms with Gasteiger partial charge in [0.1, 0.15) is 23.1 Å². The fraction of sp³-hybridized carbons (Fsp3) is 0.0769. The molecule has 0 N–H and O–H groups in total. The fourth-order valence-corrected chi connectivity index (χ4v) is 1.98. The van der Waals surface area contributed by atoms with E-state index in [-0.39, 0.29) is 10.7 Å². The lowest BCUT2D eigenvalue weighted by Crippen LogP contribution is -1.90. The summed E-state index contributed by atoms with van der Waals surface area (Å²) in [6, 6.07) is 11.2. The van der Waals surface area contributed by atoms with Crippen LogP contribution >= 0.6 is 23.4 Å². The molecule has 0 unspecified atom stereocenters. The van der Waals surface area contributed by atoms with Gasteiger partial charge in [0.05, 0.1) is 0 Å². The molecule has 5 heteroatoms. The summed E-state index contributed by atoms with van der Waals surface area (Å²) in [4.78, 5) is 4.99. The van der Waals surface area contributed by atoms with Crippen LogP contribution in [0.2, 0.25) is 5.15 Å². The molecule has 2 rings (SSSR count). The van der Waals surface area contributed by atoms with Crippen LogP contribution in [0.3, 0.4) is 0 Å². The first-order valence-corrected chi connectivity index (χ1v) is 6.71. The Morgan fingerprint density at radius 2 is 2.00 bits per heavy atom.